The standard InChI is InChI=1S/C9H17NO5/c1-9(2,3)15-8(13)6(10)4-14-5-7(11)12/h6H,4-5,10H2,1-3H3,(H,11,12)/t6-/m0/s1. The number of aliphatic carboxylic acids is 1. The minimum Gasteiger partial charge on any atom is -0.480 e. The van der Waals surface area contributed by atoms with Gasteiger partial charge >= 0.3 is 11.9 Å². The summed E-state index contributed by atoms with van der Waals surface area (Å²) in [5.41, 5.74) is 4.81. The molecule has 0 aromatic rings. The summed E-state index contributed by atoms with van der Waals surface area (Å²) in [6.45, 7) is 4.51. The summed E-state index contributed by atoms with van der Waals surface area (Å²) in [4.78, 5) is 21.4. The number of carbonyl (C=O) groups excluding carboxylic acids is 1. The molecule has 0 bridgehead atoms. The molecule has 0 amide bonds. The molecule has 15 heavy (non-hydrogen) atoms. The molecule has 0 aliphatic heterocycles. The molecule has 88 valence electrons. The zero-order chi connectivity index (χ0) is 12.1. The Morgan fingerprint density at radius 3 is 2.33 bits per heavy atom. The van der Waals surface area contributed by atoms with Crippen LogP contribution in [-0.4, -0.2) is 41.9 Å². The SMILES string of the molecule is CC(C)(C)OC(=O)[C@@H](N)COCC(=O)O. The Kier molecular flexibility index (Phi) is 5.24. The molecule has 0 aliphatic carbocycles. The third-order valence-corrected chi connectivity index (χ3v) is 1.23. The monoisotopic (exact) mass is 219 g/mol. The van der Waals surface area contributed by atoms with Gasteiger partial charge in [-0.3, -0.25) is 4.79 Å². The normalized spacial score (nSPS) is 13.3. The van der Waals surface area contributed by atoms with Gasteiger partial charge in [-0.25, -0.2) is 4.79 Å². The molecule has 0 saturated heterocycles. The first-order valence-electron chi connectivity index (χ1n) is 4.50. The Morgan fingerprint density at radius 2 is 1.93 bits per heavy atom. The number of carboxylic acids is 1. The van der Waals surface area contributed by atoms with Gasteiger partial charge in [-0.2, -0.15) is 0 Å². The molecule has 1 atom stereocenters. The van der Waals surface area contributed by atoms with Crippen molar-refractivity contribution in [2.24, 2.45) is 5.73 Å². The third-order valence-electron chi connectivity index (χ3n) is 1.23. The summed E-state index contributed by atoms with van der Waals surface area (Å²) in [6.07, 6.45) is 0. The number of rotatable bonds is 5. The van der Waals surface area contributed by atoms with E-state index >= 15 is 0 Å². The number of ether oxygens (including phenoxy) is 2. The van der Waals surface area contributed by atoms with Crippen molar-refractivity contribution in [3.05, 3.63) is 0 Å². The third kappa shape index (κ3) is 7.90. The van der Waals surface area contributed by atoms with Crippen LogP contribution in [0.4, 0.5) is 0 Å². The Hall–Kier alpha value is -1.14. The molecule has 0 fully saturated rings. The summed E-state index contributed by atoms with van der Waals surface area (Å²) in [7, 11) is 0. The zero-order valence-corrected chi connectivity index (χ0v) is 9.15. The van der Waals surface area contributed by atoms with Gasteiger partial charge in [-0.1, -0.05) is 0 Å². The Labute approximate surface area is 88.3 Å². The van der Waals surface area contributed by atoms with Gasteiger partial charge in [0.25, 0.3) is 0 Å². The van der Waals surface area contributed by atoms with E-state index in [0.717, 1.165) is 0 Å². The molecule has 0 aromatic heterocycles. The molecule has 3 N–H and O–H groups in total. The molecule has 0 aliphatic rings. The maximum Gasteiger partial charge on any atom is 0.329 e. The molecule has 0 heterocycles. The van der Waals surface area contributed by atoms with E-state index in [2.05, 4.69) is 4.74 Å². The average Bonchev–Trinajstić information content (AvgIpc) is 1.99. The smallest absolute Gasteiger partial charge is 0.329 e. The summed E-state index contributed by atoms with van der Waals surface area (Å²) in [6, 6.07) is -0.955. The molecule has 0 radical (unpaired) electrons. The highest BCUT2D eigenvalue weighted by molar-refractivity contribution is 5.76. The van der Waals surface area contributed by atoms with Crippen LogP contribution in [0.2, 0.25) is 0 Å². The highest BCUT2D eigenvalue weighted by atomic mass is 16.6. The maximum absolute atomic E-state index is 11.3. The lowest BCUT2D eigenvalue weighted by molar-refractivity contribution is -0.159. The number of hydrogen-bond donors (Lipinski definition) is 2. The fourth-order valence-corrected chi connectivity index (χ4v) is 0.719. The summed E-state index contributed by atoms with van der Waals surface area (Å²) < 4.78 is 9.63. The van der Waals surface area contributed by atoms with Crippen molar-refractivity contribution in [2.75, 3.05) is 13.2 Å². The zero-order valence-electron chi connectivity index (χ0n) is 9.15. The Bertz CT molecular complexity index is 233. The summed E-state index contributed by atoms with van der Waals surface area (Å²) in [5, 5.41) is 8.27. The van der Waals surface area contributed by atoms with Crippen molar-refractivity contribution in [2.45, 2.75) is 32.4 Å². The fourth-order valence-electron chi connectivity index (χ4n) is 0.719. The Balaban J connectivity index is 3.85. The van der Waals surface area contributed by atoms with Crippen LogP contribution < -0.4 is 5.73 Å². The van der Waals surface area contributed by atoms with E-state index in [4.69, 9.17) is 15.6 Å². The van der Waals surface area contributed by atoms with Gasteiger partial charge in [0.05, 0.1) is 6.61 Å². The Morgan fingerprint density at radius 1 is 1.40 bits per heavy atom. The van der Waals surface area contributed by atoms with E-state index in [-0.39, 0.29) is 6.61 Å². The van der Waals surface area contributed by atoms with Crippen molar-refractivity contribution in [1.82, 2.24) is 0 Å². The van der Waals surface area contributed by atoms with Crippen LogP contribution in [0.3, 0.4) is 0 Å². The van der Waals surface area contributed by atoms with Crippen molar-refractivity contribution in [3.8, 4) is 0 Å². The maximum atomic E-state index is 11.3. The quantitative estimate of drug-likeness (QED) is 0.619. The van der Waals surface area contributed by atoms with Crippen molar-refractivity contribution in [1.29, 1.82) is 0 Å². The topological polar surface area (TPSA) is 98.9 Å². The molecule has 0 rings (SSSR count). The van der Waals surface area contributed by atoms with Gasteiger partial charge in [0.2, 0.25) is 0 Å². The molecule has 0 unspecified atom stereocenters. The van der Waals surface area contributed by atoms with Gasteiger partial charge in [0.1, 0.15) is 18.2 Å². The lowest BCUT2D eigenvalue weighted by Gasteiger charge is -2.21. The highest BCUT2D eigenvalue weighted by Crippen LogP contribution is 2.07. The second-order valence-corrected chi connectivity index (χ2v) is 4.05. The van der Waals surface area contributed by atoms with E-state index in [1.807, 2.05) is 0 Å². The van der Waals surface area contributed by atoms with E-state index in [1.165, 1.54) is 0 Å². The van der Waals surface area contributed by atoms with Crippen LogP contribution in [-0.2, 0) is 19.1 Å². The predicted octanol–water partition coefficient (Wildman–Crippen LogP) is -0.243. The molecular formula is C9H17NO5. The number of esters is 1. The largest absolute Gasteiger partial charge is 0.480 e. The molecule has 0 saturated carbocycles. The second kappa shape index (κ2) is 5.67. The lowest BCUT2D eigenvalue weighted by atomic mass is 10.2. The molecule has 6 nitrogen and oxygen atoms in total. The van der Waals surface area contributed by atoms with Crippen molar-refractivity contribution >= 4 is 11.9 Å². The molecule has 6 heteroatoms. The summed E-state index contributed by atoms with van der Waals surface area (Å²) in [5.74, 6) is -1.71. The van der Waals surface area contributed by atoms with Crippen LogP contribution in [0.1, 0.15) is 20.8 Å². The predicted molar refractivity (Wildman–Crippen MR) is 52.3 cm³/mol. The number of carboxylic acid groups (broad SMARTS) is 1. The lowest BCUT2D eigenvalue weighted by Crippen LogP contribution is -2.40. The summed E-state index contributed by atoms with van der Waals surface area (Å²) >= 11 is 0. The number of nitrogens with two attached hydrogens (primary N) is 1. The first-order chi connectivity index (χ1) is 6.72. The number of hydrogen-bond acceptors (Lipinski definition) is 5. The number of carbonyl (C=O) groups is 2. The molecule has 0 aromatic carbocycles. The second-order valence-electron chi connectivity index (χ2n) is 4.05. The average molecular weight is 219 g/mol. The van der Waals surface area contributed by atoms with Crippen LogP contribution in [0.5, 0.6) is 0 Å². The van der Waals surface area contributed by atoms with Gasteiger partial charge in [0, 0.05) is 0 Å². The first kappa shape index (κ1) is 13.9. The minimum absolute atomic E-state index is 0.165. The van der Waals surface area contributed by atoms with Gasteiger partial charge < -0.3 is 20.3 Å². The fraction of sp³-hybridized carbons (Fsp3) is 0.778. The molecule has 0 spiro atoms. The van der Waals surface area contributed by atoms with Gasteiger partial charge in [0.15, 0.2) is 0 Å². The van der Waals surface area contributed by atoms with E-state index < -0.39 is 30.2 Å². The van der Waals surface area contributed by atoms with E-state index in [1.54, 1.807) is 20.8 Å². The van der Waals surface area contributed by atoms with Crippen molar-refractivity contribution < 1.29 is 24.2 Å². The van der Waals surface area contributed by atoms with Crippen LogP contribution in [0, 0.1) is 0 Å². The van der Waals surface area contributed by atoms with Crippen LogP contribution in [0.25, 0.3) is 0 Å². The van der Waals surface area contributed by atoms with Crippen molar-refractivity contribution in [3.63, 3.8) is 0 Å². The van der Waals surface area contributed by atoms with E-state index in [9.17, 15) is 9.59 Å². The van der Waals surface area contributed by atoms with Gasteiger partial charge in [-0.15, -0.1) is 0 Å². The van der Waals surface area contributed by atoms with Gasteiger partial charge in [-0.05, 0) is 20.8 Å². The van der Waals surface area contributed by atoms with Crippen LogP contribution in [0.15, 0.2) is 0 Å². The molecular weight excluding hydrogens is 202 g/mol. The van der Waals surface area contributed by atoms with E-state index in [0.29, 0.717) is 0 Å². The highest BCUT2D eigenvalue weighted by Gasteiger charge is 2.22. The van der Waals surface area contributed by atoms with Crippen LogP contribution >= 0.6 is 0 Å². The first-order valence-corrected chi connectivity index (χ1v) is 4.50. The minimum atomic E-state index is -1.11.